The van der Waals surface area contributed by atoms with Crippen LogP contribution in [-0.4, -0.2) is 43.5 Å². The molecule has 0 unspecified atom stereocenters. The summed E-state index contributed by atoms with van der Waals surface area (Å²) in [6, 6.07) is 18.3. The lowest BCUT2D eigenvalue weighted by Gasteiger charge is -2.04. The topological polar surface area (TPSA) is 63.6 Å². The molecule has 6 nitrogen and oxygen atoms in total. The lowest BCUT2D eigenvalue weighted by Crippen LogP contribution is -2.25. The van der Waals surface area contributed by atoms with Gasteiger partial charge in [-0.25, -0.2) is 0 Å². The number of aromatic amines is 1. The molecule has 0 bridgehead atoms. The van der Waals surface area contributed by atoms with Crippen LogP contribution in [-0.2, 0) is 4.79 Å². The van der Waals surface area contributed by atoms with E-state index in [1.54, 1.807) is 11.5 Å². The van der Waals surface area contributed by atoms with Crippen LogP contribution in [0.25, 0.3) is 32.6 Å². The smallest absolute Gasteiger partial charge is 0.310 e. The molecule has 0 fully saturated rings. The quantitative estimate of drug-likeness (QED) is 0.469. The maximum atomic E-state index is 12.7. The van der Waals surface area contributed by atoms with E-state index in [0.717, 1.165) is 38.3 Å². The number of fused-ring (bicyclic) bond motifs is 3. The van der Waals surface area contributed by atoms with Gasteiger partial charge in [-0.1, -0.05) is 30.3 Å². The number of ether oxygens (including phenoxy) is 1. The molecule has 30 heavy (non-hydrogen) atoms. The highest BCUT2D eigenvalue weighted by Gasteiger charge is 2.20. The highest BCUT2D eigenvalue weighted by Crippen LogP contribution is 2.30. The van der Waals surface area contributed by atoms with Crippen LogP contribution in [0.15, 0.2) is 59.7 Å². The number of amides is 1. The number of H-pyrrole nitrogens is 1. The van der Waals surface area contributed by atoms with Gasteiger partial charge in [-0.05, 0) is 36.0 Å². The van der Waals surface area contributed by atoms with E-state index in [1.807, 2.05) is 43.3 Å². The summed E-state index contributed by atoms with van der Waals surface area (Å²) in [5.41, 5.74) is 1.69. The van der Waals surface area contributed by atoms with Crippen LogP contribution in [0, 0.1) is 10.7 Å². The number of benzene rings is 3. The molecular weight excluding hydrogens is 376 g/mol. The first kappa shape index (κ1) is 18.5. The fourth-order valence-corrected chi connectivity index (χ4v) is 4.12. The monoisotopic (exact) mass is 399 g/mol. The minimum Gasteiger partial charge on any atom is -0.497 e. The molecule has 1 heterocycles. The molecule has 2 aliphatic rings. The van der Waals surface area contributed by atoms with Gasteiger partial charge in [-0.15, -0.1) is 0 Å². The van der Waals surface area contributed by atoms with Gasteiger partial charge in [-0.3, -0.25) is 4.79 Å². The third-order valence-electron chi connectivity index (χ3n) is 5.55. The summed E-state index contributed by atoms with van der Waals surface area (Å²) in [7, 11) is 5.55. The van der Waals surface area contributed by atoms with Gasteiger partial charge in [0.25, 0.3) is 10.9 Å². The fraction of sp³-hybridized carbons (Fsp3) is 0.208. The van der Waals surface area contributed by atoms with Crippen molar-refractivity contribution < 1.29 is 13.9 Å². The summed E-state index contributed by atoms with van der Waals surface area (Å²) < 4.78 is 7.21. The number of aromatic nitrogens is 2. The maximum Gasteiger partial charge on any atom is 0.310 e. The molecule has 5 rings (SSSR count). The van der Waals surface area contributed by atoms with Crippen molar-refractivity contribution in [3.8, 4) is 5.75 Å². The number of nitrogens with one attached hydrogen (secondary N) is 1. The largest absolute Gasteiger partial charge is 0.497 e. The van der Waals surface area contributed by atoms with Gasteiger partial charge in [0, 0.05) is 41.0 Å². The molecule has 3 aromatic rings. The SMILES string of the molecule is COc1ccc2c(c1)[nH]c1c3cccc4cccc(c=1[n+]2=NC(=O)CCN(C)C)c43. The number of rotatable bonds is 4. The Labute approximate surface area is 173 Å². The molecule has 0 spiro atoms. The summed E-state index contributed by atoms with van der Waals surface area (Å²) in [5, 5.41) is 11.0. The number of hydrogen-bond acceptors (Lipinski definition) is 3. The Morgan fingerprint density at radius 1 is 1.10 bits per heavy atom. The average Bonchev–Trinajstić information content (AvgIpc) is 3.07. The lowest BCUT2D eigenvalue weighted by molar-refractivity contribution is -0.523. The van der Waals surface area contributed by atoms with Crippen molar-refractivity contribution in [1.29, 1.82) is 0 Å². The van der Waals surface area contributed by atoms with Crippen molar-refractivity contribution >= 4 is 38.5 Å². The highest BCUT2D eigenvalue weighted by atomic mass is 16.5. The molecular formula is C24H23N4O2+. The van der Waals surface area contributed by atoms with Crippen molar-refractivity contribution in [3.05, 3.63) is 65.3 Å². The van der Waals surface area contributed by atoms with E-state index in [4.69, 9.17) is 4.74 Å². The van der Waals surface area contributed by atoms with Crippen LogP contribution in [0.1, 0.15) is 6.42 Å². The Bertz CT molecular complexity index is 1530. The third kappa shape index (κ3) is 2.88. The van der Waals surface area contributed by atoms with E-state index < -0.39 is 0 Å². The van der Waals surface area contributed by atoms with Crippen molar-refractivity contribution in [2.75, 3.05) is 27.7 Å². The van der Waals surface area contributed by atoms with Gasteiger partial charge in [0.2, 0.25) is 0 Å². The number of carbonyl (C=O) groups is 1. The van der Waals surface area contributed by atoms with Gasteiger partial charge in [0.05, 0.1) is 12.5 Å². The molecule has 1 N–H and O–H groups in total. The summed E-state index contributed by atoms with van der Waals surface area (Å²) in [6.45, 7) is 0.658. The van der Waals surface area contributed by atoms with Crippen molar-refractivity contribution in [1.82, 2.24) is 9.88 Å². The third-order valence-corrected chi connectivity index (χ3v) is 5.55. The van der Waals surface area contributed by atoms with E-state index in [0.29, 0.717) is 13.0 Å². The van der Waals surface area contributed by atoms with E-state index in [9.17, 15) is 4.79 Å². The number of methoxy groups -OCH3 is 1. The number of carbonyl (C=O) groups excluding carboxylic acids is 1. The zero-order chi connectivity index (χ0) is 20.8. The summed E-state index contributed by atoms with van der Waals surface area (Å²) in [5.74, 6) is 0.597. The second-order valence-electron chi connectivity index (χ2n) is 7.80. The van der Waals surface area contributed by atoms with Crippen LogP contribution in [0.2, 0.25) is 0 Å². The molecule has 1 amide bonds. The zero-order valence-corrected chi connectivity index (χ0v) is 17.3. The van der Waals surface area contributed by atoms with Crippen LogP contribution in [0.3, 0.4) is 0 Å². The zero-order valence-electron chi connectivity index (χ0n) is 17.3. The van der Waals surface area contributed by atoms with Gasteiger partial charge >= 0.3 is 5.91 Å². The van der Waals surface area contributed by atoms with Crippen LogP contribution >= 0.6 is 0 Å². The molecule has 0 saturated carbocycles. The average molecular weight is 399 g/mol. The minimum absolute atomic E-state index is 0.151. The van der Waals surface area contributed by atoms with E-state index >= 15 is 0 Å². The molecule has 150 valence electrons. The summed E-state index contributed by atoms with van der Waals surface area (Å²) in [4.78, 5) is 18.3. The maximum absolute atomic E-state index is 12.7. The Morgan fingerprint density at radius 3 is 2.60 bits per heavy atom. The van der Waals surface area contributed by atoms with Gasteiger partial charge in [0.15, 0.2) is 0 Å². The molecule has 3 aromatic carbocycles. The molecule has 0 atom stereocenters. The fourth-order valence-electron chi connectivity index (χ4n) is 4.12. The molecule has 1 aliphatic carbocycles. The van der Waals surface area contributed by atoms with E-state index in [2.05, 4.69) is 40.4 Å². The standard InChI is InChI=1S/C24H22N4O2/c1-27(2)13-12-21(29)26-28-20-11-10-16(30-3)14-19(20)25-23-17-8-4-6-15-7-5-9-18(22(15)17)24(23)28/h4-11,14H,12-13H2,1-3H3/p+1. The first-order valence-electron chi connectivity index (χ1n) is 9.98. The normalized spacial score (nSPS) is 12.7. The Kier molecular flexibility index (Phi) is 4.37. The Balaban J connectivity index is 1.96. The molecule has 0 saturated heterocycles. The highest BCUT2D eigenvalue weighted by molar-refractivity contribution is 6.11. The lowest BCUT2D eigenvalue weighted by atomic mass is 10.1. The second-order valence-corrected chi connectivity index (χ2v) is 7.80. The second kappa shape index (κ2) is 7.07. The molecule has 6 heteroatoms. The predicted molar refractivity (Wildman–Crippen MR) is 117 cm³/mol. The van der Waals surface area contributed by atoms with E-state index in [1.165, 1.54) is 10.8 Å². The number of hydrogen-bond donors (Lipinski definition) is 1. The van der Waals surface area contributed by atoms with Gasteiger partial charge in [0.1, 0.15) is 16.6 Å². The van der Waals surface area contributed by atoms with Crippen molar-refractivity contribution in [2.24, 2.45) is 5.11 Å². The van der Waals surface area contributed by atoms with Crippen LogP contribution < -0.4 is 9.10 Å². The summed E-state index contributed by atoms with van der Waals surface area (Å²) in [6.07, 6.45) is 0.363. The summed E-state index contributed by atoms with van der Waals surface area (Å²) >= 11 is 0. The van der Waals surface area contributed by atoms with E-state index in [-0.39, 0.29) is 5.91 Å². The first-order valence-corrected chi connectivity index (χ1v) is 9.98. The molecule has 0 radical (unpaired) electrons. The van der Waals surface area contributed by atoms with Crippen molar-refractivity contribution in [2.45, 2.75) is 6.42 Å². The van der Waals surface area contributed by atoms with Gasteiger partial charge in [-0.2, -0.15) is 0 Å². The molecule has 1 aliphatic heterocycles. The van der Waals surface area contributed by atoms with Crippen LogP contribution in [0.4, 0.5) is 0 Å². The Morgan fingerprint density at radius 2 is 1.87 bits per heavy atom. The van der Waals surface area contributed by atoms with Crippen LogP contribution in [0.5, 0.6) is 5.75 Å². The number of nitrogens with zero attached hydrogens (tertiary/aromatic N) is 3. The Hall–Kier alpha value is -3.51. The first-order chi connectivity index (χ1) is 14.6. The van der Waals surface area contributed by atoms with Gasteiger partial charge < -0.3 is 14.6 Å². The predicted octanol–water partition coefficient (Wildman–Crippen LogP) is 3.72. The molecule has 0 aromatic heterocycles. The van der Waals surface area contributed by atoms with Crippen molar-refractivity contribution in [3.63, 3.8) is 0 Å². The minimum atomic E-state index is -0.151.